The maximum atomic E-state index is 10.8. The summed E-state index contributed by atoms with van der Waals surface area (Å²) in [5.41, 5.74) is 2.50. The van der Waals surface area contributed by atoms with Crippen molar-refractivity contribution in [1.82, 2.24) is 4.90 Å². The Morgan fingerprint density at radius 2 is 2.31 bits per heavy atom. The number of rotatable bonds is 4. The molecule has 1 N–H and O–H groups in total. The van der Waals surface area contributed by atoms with E-state index >= 15 is 0 Å². The van der Waals surface area contributed by atoms with E-state index in [1.165, 1.54) is 11.1 Å². The Balaban J connectivity index is 1.93. The number of hydrogen-bond acceptors (Lipinski definition) is 2. The fourth-order valence-electron chi connectivity index (χ4n) is 2.15. The molecule has 1 aromatic rings. The summed E-state index contributed by atoms with van der Waals surface area (Å²) in [5, 5.41) is 8.86. The van der Waals surface area contributed by atoms with Crippen LogP contribution in [0.25, 0.3) is 0 Å². The minimum absolute atomic E-state index is 0.158. The Bertz CT molecular complexity index is 403. The summed E-state index contributed by atoms with van der Waals surface area (Å²) >= 11 is 0. The lowest BCUT2D eigenvalue weighted by Crippen LogP contribution is -2.23. The fourth-order valence-corrected chi connectivity index (χ4v) is 2.15. The zero-order chi connectivity index (χ0) is 11.7. The number of benzene rings is 1. The zero-order valence-corrected chi connectivity index (χ0v) is 9.68. The average molecular weight is 219 g/mol. The molecule has 0 amide bonds. The number of carbonyl (C=O) groups is 1. The van der Waals surface area contributed by atoms with Crippen LogP contribution in [0.3, 0.4) is 0 Å². The van der Waals surface area contributed by atoms with Crippen LogP contribution >= 0.6 is 0 Å². The smallest absolute Gasteiger partial charge is 0.308 e. The van der Waals surface area contributed by atoms with Crippen molar-refractivity contribution in [3.05, 3.63) is 35.4 Å². The van der Waals surface area contributed by atoms with Gasteiger partial charge in [0.05, 0.1) is 5.92 Å². The molecule has 0 aliphatic heterocycles. The van der Waals surface area contributed by atoms with Gasteiger partial charge in [-0.3, -0.25) is 9.69 Å². The highest BCUT2D eigenvalue weighted by atomic mass is 16.4. The van der Waals surface area contributed by atoms with Gasteiger partial charge in [0.1, 0.15) is 0 Å². The van der Waals surface area contributed by atoms with Gasteiger partial charge in [0.2, 0.25) is 0 Å². The number of hydrogen-bond donors (Lipinski definition) is 1. The molecule has 1 aliphatic carbocycles. The molecule has 86 valence electrons. The van der Waals surface area contributed by atoms with E-state index in [4.69, 9.17) is 5.11 Å². The highest BCUT2D eigenvalue weighted by Gasteiger charge is 2.45. The molecular weight excluding hydrogens is 202 g/mol. The highest BCUT2D eigenvalue weighted by molar-refractivity contribution is 5.74. The molecule has 1 saturated carbocycles. The van der Waals surface area contributed by atoms with E-state index in [1.807, 2.05) is 13.1 Å². The Morgan fingerprint density at radius 3 is 2.88 bits per heavy atom. The largest absolute Gasteiger partial charge is 0.481 e. The molecule has 2 rings (SSSR count). The minimum atomic E-state index is -0.666. The standard InChI is InChI=1S/C13H17NO2/c1-9-4-3-5-10(6-9)8-14(2)12-7-11(12)13(15)16/h3-6,11-12H,7-8H2,1-2H3,(H,15,16). The molecule has 2 atom stereocenters. The van der Waals surface area contributed by atoms with Crippen LogP contribution in [0.4, 0.5) is 0 Å². The summed E-state index contributed by atoms with van der Waals surface area (Å²) in [5.74, 6) is -0.823. The molecule has 3 nitrogen and oxygen atoms in total. The lowest BCUT2D eigenvalue weighted by Gasteiger charge is -2.16. The van der Waals surface area contributed by atoms with Gasteiger partial charge in [-0.15, -0.1) is 0 Å². The second-order valence-corrected chi connectivity index (χ2v) is 4.65. The number of carboxylic acid groups (broad SMARTS) is 1. The summed E-state index contributed by atoms with van der Waals surface area (Å²) in [4.78, 5) is 12.9. The van der Waals surface area contributed by atoms with Gasteiger partial charge in [0.15, 0.2) is 0 Å². The van der Waals surface area contributed by atoms with Crippen molar-refractivity contribution in [2.24, 2.45) is 5.92 Å². The molecule has 2 unspecified atom stereocenters. The van der Waals surface area contributed by atoms with E-state index in [0.717, 1.165) is 13.0 Å². The number of aryl methyl sites for hydroxylation is 1. The van der Waals surface area contributed by atoms with Crippen LogP contribution in [0.5, 0.6) is 0 Å². The summed E-state index contributed by atoms with van der Waals surface area (Å²) in [6, 6.07) is 8.56. The minimum Gasteiger partial charge on any atom is -0.481 e. The summed E-state index contributed by atoms with van der Waals surface area (Å²) in [6.07, 6.45) is 0.789. The van der Waals surface area contributed by atoms with Gasteiger partial charge in [-0.2, -0.15) is 0 Å². The molecule has 1 fully saturated rings. The molecule has 3 heteroatoms. The van der Waals surface area contributed by atoms with E-state index in [0.29, 0.717) is 0 Å². The van der Waals surface area contributed by atoms with Crippen molar-refractivity contribution >= 4 is 5.97 Å². The second kappa shape index (κ2) is 4.26. The number of carboxylic acids is 1. The van der Waals surface area contributed by atoms with E-state index in [9.17, 15) is 4.79 Å². The average Bonchev–Trinajstić information content (AvgIpc) is 2.96. The zero-order valence-electron chi connectivity index (χ0n) is 9.68. The normalized spacial score (nSPS) is 23.4. The van der Waals surface area contributed by atoms with Crippen molar-refractivity contribution in [3.63, 3.8) is 0 Å². The third kappa shape index (κ3) is 2.42. The van der Waals surface area contributed by atoms with Crippen LogP contribution in [0, 0.1) is 12.8 Å². The lowest BCUT2D eigenvalue weighted by molar-refractivity contribution is -0.138. The van der Waals surface area contributed by atoms with Gasteiger partial charge in [-0.25, -0.2) is 0 Å². The van der Waals surface area contributed by atoms with E-state index in [-0.39, 0.29) is 12.0 Å². The molecule has 0 radical (unpaired) electrons. The Kier molecular flexibility index (Phi) is 2.97. The Morgan fingerprint density at radius 1 is 1.56 bits per heavy atom. The molecular formula is C13H17NO2. The van der Waals surface area contributed by atoms with Crippen LogP contribution in [-0.2, 0) is 11.3 Å². The topological polar surface area (TPSA) is 40.5 Å². The monoisotopic (exact) mass is 219 g/mol. The van der Waals surface area contributed by atoms with E-state index in [1.54, 1.807) is 0 Å². The van der Waals surface area contributed by atoms with Gasteiger partial charge in [-0.1, -0.05) is 29.8 Å². The van der Waals surface area contributed by atoms with Crippen molar-refractivity contribution in [1.29, 1.82) is 0 Å². The first-order valence-corrected chi connectivity index (χ1v) is 5.56. The predicted octanol–water partition coefficient (Wildman–Crippen LogP) is 1.90. The SMILES string of the molecule is Cc1cccc(CN(C)C2CC2C(=O)O)c1. The van der Waals surface area contributed by atoms with Gasteiger partial charge >= 0.3 is 5.97 Å². The van der Waals surface area contributed by atoms with Crippen LogP contribution in [0.2, 0.25) is 0 Å². The summed E-state index contributed by atoms with van der Waals surface area (Å²) in [7, 11) is 2.00. The van der Waals surface area contributed by atoms with Crippen LogP contribution < -0.4 is 0 Å². The number of nitrogens with zero attached hydrogens (tertiary/aromatic N) is 1. The third-order valence-corrected chi connectivity index (χ3v) is 3.15. The molecule has 1 aliphatic rings. The quantitative estimate of drug-likeness (QED) is 0.840. The van der Waals surface area contributed by atoms with Crippen LogP contribution in [-0.4, -0.2) is 29.1 Å². The van der Waals surface area contributed by atoms with Crippen LogP contribution in [0.15, 0.2) is 24.3 Å². The first-order chi connectivity index (χ1) is 7.58. The Labute approximate surface area is 95.7 Å². The lowest BCUT2D eigenvalue weighted by atomic mass is 10.1. The number of aliphatic carboxylic acids is 1. The van der Waals surface area contributed by atoms with E-state index < -0.39 is 5.97 Å². The molecule has 1 aromatic carbocycles. The molecule has 0 bridgehead atoms. The molecule has 0 saturated heterocycles. The molecule has 0 aromatic heterocycles. The first kappa shape index (κ1) is 11.1. The van der Waals surface area contributed by atoms with Crippen LogP contribution in [0.1, 0.15) is 17.5 Å². The third-order valence-electron chi connectivity index (χ3n) is 3.15. The fraction of sp³-hybridized carbons (Fsp3) is 0.462. The predicted molar refractivity (Wildman–Crippen MR) is 62.2 cm³/mol. The maximum Gasteiger partial charge on any atom is 0.308 e. The molecule has 0 heterocycles. The summed E-state index contributed by atoms with van der Waals surface area (Å²) < 4.78 is 0. The van der Waals surface area contributed by atoms with E-state index in [2.05, 4.69) is 30.0 Å². The highest BCUT2D eigenvalue weighted by Crippen LogP contribution is 2.35. The van der Waals surface area contributed by atoms with Crippen molar-refractivity contribution in [3.8, 4) is 0 Å². The first-order valence-electron chi connectivity index (χ1n) is 5.56. The van der Waals surface area contributed by atoms with Gasteiger partial charge in [0.25, 0.3) is 0 Å². The van der Waals surface area contributed by atoms with Gasteiger partial charge < -0.3 is 5.11 Å². The second-order valence-electron chi connectivity index (χ2n) is 4.65. The van der Waals surface area contributed by atoms with Gasteiger partial charge in [0, 0.05) is 12.6 Å². The Hall–Kier alpha value is -1.35. The maximum absolute atomic E-state index is 10.8. The van der Waals surface area contributed by atoms with Crippen molar-refractivity contribution < 1.29 is 9.90 Å². The van der Waals surface area contributed by atoms with Crippen molar-refractivity contribution in [2.75, 3.05) is 7.05 Å². The molecule has 16 heavy (non-hydrogen) atoms. The molecule has 0 spiro atoms. The van der Waals surface area contributed by atoms with Gasteiger partial charge in [-0.05, 0) is 26.0 Å². The van der Waals surface area contributed by atoms with Crippen molar-refractivity contribution in [2.45, 2.75) is 25.9 Å². The summed E-state index contributed by atoms with van der Waals surface area (Å²) in [6.45, 7) is 2.90.